The SMILES string of the molecule is CC=Cc1cccc(Oc2cccc(C=CC)c2OC)c1OC. The maximum absolute atomic E-state index is 6.08. The van der Waals surface area contributed by atoms with E-state index in [4.69, 9.17) is 14.2 Å². The first-order valence-corrected chi connectivity index (χ1v) is 7.52. The van der Waals surface area contributed by atoms with Crippen LogP contribution < -0.4 is 14.2 Å². The van der Waals surface area contributed by atoms with E-state index in [0.29, 0.717) is 23.0 Å². The number of allylic oxidation sites excluding steroid dienone is 2. The second-order valence-electron chi connectivity index (χ2n) is 4.86. The van der Waals surface area contributed by atoms with Gasteiger partial charge in [-0.15, -0.1) is 0 Å². The normalized spacial score (nSPS) is 11.1. The summed E-state index contributed by atoms with van der Waals surface area (Å²) in [5, 5.41) is 0. The van der Waals surface area contributed by atoms with Crippen LogP contribution in [0.2, 0.25) is 0 Å². The van der Waals surface area contributed by atoms with Crippen LogP contribution in [0.4, 0.5) is 0 Å². The molecule has 2 aromatic carbocycles. The van der Waals surface area contributed by atoms with Gasteiger partial charge in [0.15, 0.2) is 23.0 Å². The third-order valence-corrected chi connectivity index (χ3v) is 3.34. The van der Waals surface area contributed by atoms with Crippen molar-refractivity contribution in [2.75, 3.05) is 14.2 Å². The van der Waals surface area contributed by atoms with Crippen molar-refractivity contribution in [3.63, 3.8) is 0 Å². The first kappa shape index (κ1) is 16.7. The van der Waals surface area contributed by atoms with E-state index < -0.39 is 0 Å². The second-order valence-corrected chi connectivity index (χ2v) is 4.86. The molecular weight excluding hydrogens is 288 g/mol. The summed E-state index contributed by atoms with van der Waals surface area (Å²) in [6.45, 7) is 3.94. The third-order valence-electron chi connectivity index (χ3n) is 3.34. The largest absolute Gasteiger partial charge is 0.492 e. The zero-order chi connectivity index (χ0) is 16.7. The lowest BCUT2D eigenvalue weighted by atomic mass is 10.1. The topological polar surface area (TPSA) is 27.7 Å². The molecule has 0 aliphatic heterocycles. The molecule has 0 fully saturated rings. The second kappa shape index (κ2) is 8.08. The Kier molecular flexibility index (Phi) is 5.87. The van der Waals surface area contributed by atoms with E-state index in [1.54, 1.807) is 14.2 Å². The van der Waals surface area contributed by atoms with Gasteiger partial charge in [-0.25, -0.2) is 0 Å². The Morgan fingerprint density at radius 2 is 1.13 bits per heavy atom. The van der Waals surface area contributed by atoms with Gasteiger partial charge in [0.2, 0.25) is 0 Å². The maximum atomic E-state index is 6.08. The quantitative estimate of drug-likeness (QED) is 0.699. The summed E-state index contributed by atoms with van der Waals surface area (Å²) >= 11 is 0. The van der Waals surface area contributed by atoms with Crippen molar-refractivity contribution < 1.29 is 14.2 Å². The highest BCUT2D eigenvalue weighted by Crippen LogP contribution is 2.40. The summed E-state index contributed by atoms with van der Waals surface area (Å²) in [7, 11) is 3.28. The summed E-state index contributed by atoms with van der Waals surface area (Å²) in [5.74, 6) is 2.70. The van der Waals surface area contributed by atoms with Crippen LogP contribution in [0.15, 0.2) is 48.6 Å². The minimum Gasteiger partial charge on any atom is -0.492 e. The van der Waals surface area contributed by atoms with Gasteiger partial charge in [0.05, 0.1) is 14.2 Å². The molecule has 0 saturated heterocycles. The van der Waals surface area contributed by atoms with Gasteiger partial charge in [0.25, 0.3) is 0 Å². The number of ether oxygens (including phenoxy) is 3. The van der Waals surface area contributed by atoms with Gasteiger partial charge in [-0.3, -0.25) is 0 Å². The number of rotatable bonds is 6. The Hall–Kier alpha value is -2.68. The van der Waals surface area contributed by atoms with E-state index in [2.05, 4.69) is 0 Å². The number of hydrogen-bond acceptors (Lipinski definition) is 3. The summed E-state index contributed by atoms with van der Waals surface area (Å²) in [5.41, 5.74) is 1.94. The van der Waals surface area contributed by atoms with E-state index in [1.807, 2.05) is 74.5 Å². The lowest BCUT2D eigenvalue weighted by Crippen LogP contribution is -1.96. The van der Waals surface area contributed by atoms with E-state index >= 15 is 0 Å². The Morgan fingerprint density at radius 1 is 0.696 bits per heavy atom. The Morgan fingerprint density at radius 3 is 1.48 bits per heavy atom. The van der Waals surface area contributed by atoms with Gasteiger partial charge < -0.3 is 14.2 Å². The Bertz CT molecular complexity index is 653. The molecule has 0 amide bonds. The predicted octanol–water partition coefficient (Wildman–Crippen LogP) is 5.56. The fourth-order valence-electron chi connectivity index (χ4n) is 2.40. The molecule has 0 radical (unpaired) electrons. The number of methoxy groups -OCH3 is 2. The molecule has 0 saturated carbocycles. The van der Waals surface area contributed by atoms with Gasteiger partial charge in [0, 0.05) is 11.1 Å². The summed E-state index contributed by atoms with van der Waals surface area (Å²) in [4.78, 5) is 0. The molecule has 2 aromatic rings. The summed E-state index contributed by atoms with van der Waals surface area (Å²) in [6, 6.07) is 11.6. The molecule has 120 valence electrons. The van der Waals surface area contributed by atoms with Gasteiger partial charge in [-0.1, -0.05) is 48.6 Å². The Balaban J connectivity index is 2.47. The molecule has 23 heavy (non-hydrogen) atoms. The molecule has 2 rings (SSSR count). The lowest BCUT2D eigenvalue weighted by molar-refractivity contribution is 0.355. The van der Waals surface area contributed by atoms with Crippen molar-refractivity contribution in [2.24, 2.45) is 0 Å². The molecule has 0 spiro atoms. The molecule has 0 aliphatic carbocycles. The first-order chi connectivity index (χ1) is 11.2. The van der Waals surface area contributed by atoms with Crippen LogP contribution >= 0.6 is 0 Å². The van der Waals surface area contributed by atoms with Crippen molar-refractivity contribution in [3.05, 3.63) is 59.7 Å². The monoisotopic (exact) mass is 310 g/mol. The fraction of sp³-hybridized carbons (Fsp3) is 0.200. The third kappa shape index (κ3) is 3.75. The Labute approximate surface area is 137 Å². The van der Waals surface area contributed by atoms with E-state index in [1.165, 1.54) is 0 Å². The molecule has 3 heteroatoms. The molecule has 0 aliphatic rings. The van der Waals surface area contributed by atoms with Crippen molar-refractivity contribution in [1.29, 1.82) is 0 Å². The summed E-state index contributed by atoms with van der Waals surface area (Å²) < 4.78 is 17.1. The van der Waals surface area contributed by atoms with Gasteiger partial charge in [-0.05, 0) is 26.0 Å². The average molecular weight is 310 g/mol. The molecular formula is C20H22O3. The first-order valence-electron chi connectivity index (χ1n) is 7.52. The zero-order valence-electron chi connectivity index (χ0n) is 14.0. The molecule has 0 aromatic heterocycles. The smallest absolute Gasteiger partial charge is 0.170 e. The highest BCUT2D eigenvalue weighted by Gasteiger charge is 2.13. The van der Waals surface area contributed by atoms with Crippen LogP contribution in [-0.2, 0) is 0 Å². The fourth-order valence-corrected chi connectivity index (χ4v) is 2.40. The highest BCUT2D eigenvalue weighted by molar-refractivity contribution is 5.65. The highest BCUT2D eigenvalue weighted by atomic mass is 16.5. The van der Waals surface area contributed by atoms with E-state index in [-0.39, 0.29) is 0 Å². The van der Waals surface area contributed by atoms with E-state index in [0.717, 1.165) is 11.1 Å². The van der Waals surface area contributed by atoms with E-state index in [9.17, 15) is 0 Å². The zero-order valence-corrected chi connectivity index (χ0v) is 14.0. The standard InChI is InChI=1S/C20H22O3/c1-5-9-15-11-7-13-17(19(15)21-3)23-18-14-8-12-16(10-6-2)20(18)22-4/h5-14H,1-4H3. The summed E-state index contributed by atoms with van der Waals surface area (Å²) in [6.07, 6.45) is 7.90. The number of hydrogen-bond donors (Lipinski definition) is 0. The van der Waals surface area contributed by atoms with Gasteiger partial charge >= 0.3 is 0 Å². The molecule has 3 nitrogen and oxygen atoms in total. The predicted molar refractivity (Wildman–Crippen MR) is 95.5 cm³/mol. The van der Waals surface area contributed by atoms with Crippen LogP contribution in [0.25, 0.3) is 12.2 Å². The van der Waals surface area contributed by atoms with Gasteiger partial charge in [-0.2, -0.15) is 0 Å². The molecule has 0 atom stereocenters. The van der Waals surface area contributed by atoms with Crippen LogP contribution in [0.5, 0.6) is 23.0 Å². The lowest BCUT2D eigenvalue weighted by Gasteiger charge is -2.15. The van der Waals surface area contributed by atoms with Crippen LogP contribution in [-0.4, -0.2) is 14.2 Å². The molecule has 0 bridgehead atoms. The van der Waals surface area contributed by atoms with Crippen molar-refractivity contribution >= 4 is 12.2 Å². The minimum atomic E-state index is 0.652. The van der Waals surface area contributed by atoms with Crippen LogP contribution in [0.1, 0.15) is 25.0 Å². The number of para-hydroxylation sites is 2. The van der Waals surface area contributed by atoms with Crippen molar-refractivity contribution in [2.45, 2.75) is 13.8 Å². The number of benzene rings is 2. The van der Waals surface area contributed by atoms with Crippen LogP contribution in [0.3, 0.4) is 0 Å². The van der Waals surface area contributed by atoms with Crippen LogP contribution in [0, 0.1) is 0 Å². The van der Waals surface area contributed by atoms with Crippen molar-refractivity contribution in [1.82, 2.24) is 0 Å². The maximum Gasteiger partial charge on any atom is 0.170 e. The average Bonchev–Trinajstić information content (AvgIpc) is 2.56. The van der Waals surface area contributed by atoms with Crippen molar-refractivity contribution in [3.8, 4) is 23.0 Å². The molecule has 0 N–H and O–H groups in total. The molecule has 0 unspecified atom stereocenters. The van der Waals surface area contributed by atoms with Gasteiger partial charge in [0.1, 0.15) is 0 Å². The molecule has 0 heterocycles. The minimum absolute atomic E-state index is 0.652.